The molecule has 0 amide bonds. The molecule has 1 aromatic heterocycles. The molecule has 0 bridgehead atoms. The molecule has 102 valence electrons. The van der Waals surface area contributed by atoms with Gasteiger partial charge in [-0.1, -0.05) is 26.2 Å². The molecule has 2 unspecified atom stereocenters. The molecule has 1 fully saturated rings. The zero-order valence-electron chi connectivity index (χ0n) is 11.6. The van der Waals surface area contributed by atoms with Crippen LogP contribution < -0.4 is 4.72 Å². The Hall–Kier alpha value is -0.380. The van der Waals surface area contributed by atoms with Crippen LogP contribution in [0.25, 0.3) is 0 Å². The second-order valence-electron chi connectivity index (χ2n) is 5.32. The van der Waals surface area contributed by atoms with Crippen LogP contribution in [0, 0.1) is 0 Å². The first-order valence-electron chi connectivity index (χ1n) is 7.26. The van der Waals surface area contributed by atoms with Crippen molar-refractivity contribution in [2.24, 2.45) is 0 Å². The van der Waals surface area contributed by atoms with E-state index in [1.54, 1.807) is 5.56 Å². The molecule has 2 N–H and O–H groups in total. The largest absolute Gasteiger partial charge is 0.393 e. The van der Waals surface area contributed by atoms with Crippen molar-refractivity contribution in [3.8, 4) is 0 Å². The lowest BCUT2D eigenvalue weighted by atomic mass is 9.84. The van der Waals surface area contributed by atoms with E-state index in [-0.39, 0.29) is 16.8 Å². The van der Waals surface area contributed by atoms with Crippen LogP contribution in [0.2, 0.25) is 0 Å². The van der Waals surface area contributed by atoms with E-state index in [1.807, 2.05) is 7.05 Å². The van der Waals surface area contributed by atoms with Gasteiger partial charge in [-0.25, -0.2) is 0 Å². The fourth-order valence-corrected chi connectivity index (χ4v) is 4.67. The molecule has 18 heavy (non-hydrogen) atoms. The third-order valence-corrected chi connectivity index (χ3v) is 5.91. The third kappa shape index (κ3) is 3.14. The summed E-state index contributed by atoms with van der Waals surface area (Å²) in [7, 11) is 2.09. The SMILES string of the molecule is CCC(O)Cc1c(C2CCCCC2)cc[s+]1NC. The average molecular weight is 268 g/mol. The molecule has 2 atom stereocenters. The Labute approximate surface area is 114 Å². The van der Waals surface area contributed by atoms with Crippen molar-refractivity contribution < 1.29 is 5.11 Å². The second kappa shape index (κ2) is 6.69. The molecular formula is C15H26NOS+. The van der Waals surface area contributed by atoms with Crippen molar-refractivity contribution in [1.82, 2.24) is 0 Å². The Kier molecular flexibility index (Phi) is 5.22. The molecule has 1 aromatic rings. The van der Waals surface area contributed by atoms with Gasteiger partial charge in [0.1, 0.15) is 0 Å². The molecule has 0 aromatic carbocycles. The van der Waals surface area contributed by atoms with E-state index in [0.717, 1.165) is 18.8 Å². The number of hydrogen-bond donors (Lipinski definition) is 2. The average Bonchev–Trinajstić information content (AvgIpc) is 2.82. The summed E-state index contributed by atoms with van der Waals surface area (Å²) in [6.45, 7) is 2.06. The van der Waals surface area contributed by atoms with Crippen molar-refractivity contribution in [3.05, 3.63) is 21.9 Å². The molecule has 0 spiro atoms. The number of rotatable bonds is 5. The van der Waals surface area contributed by atoms with Gasteiger partial charge in [0.15, 0.2) is 10.3 Å². The molecule has 1 saturated carbocycles. The number of aliphatic hydroxyl groups excluding tert-OH is 1. The first-order valence-corrected chi connectivity index (χ1v) is 8.54. The maximum absolute atomic E-state index is 9.96. The minimum atomic E-state index is -0.179. The lowest BCUT2D eigenvalue weighted by Gasteiger charge is -2.21. The van der Waals surface area contributed by atoms with Gasteiger partial charge in [-0.3, -0.25) is 0 Å². The lowest BCUT2D eigenvalue weighted by Crippen LogP contribution is -2.12. The topological polar surface area (TPSA) is 32.3 Å². The van der Waals surface area contributed by atoms with Gasteiger partial charge in [0.05, 0.1) is 16.8 Å². The number of nitrogens with one attached hydrogen (secondary N) is 1. The van der Waals surface area contributed by atoms with Gasteiger partial charge in [0.2, 0.25) is 0 Å². The Morgan fingerprint density at radius 3 is 2.72 bits per heavy atom. The number of hydrogen-bond acceptors (Lipinski definition) is 2. The van der Waals surface area contributed by atoms with Gasteiger partial charge >= 0.3 is 0 Å². The van der Waals surface area contributed by atoms with Crippen LogP contribution in [0.1, 0.15) is 61.8 Å². The van der Waals surface area contributed by atoms with E-state index in [0.29, 0.717) is 0 Å². The van der Waals surface area contributed by atoms with Crippen LogP contribution in [0.5, 0.6) is 0 Å². The van der Waals surface area contributed by atoms with E-state index >= 15 is 0 Å². The Bertz CT molecular complexity index is 369. The van der Waals surface area contributed by atoms with Gasteiger partial charge in [-0.2, -0.15) is 0 Å². The van der Waals surface area contributed by atoms with Gasteiger partial charge in [-0.05, 0) is 25.2 Å². The lowest BCUT2D eigenvalue weighted by molar-refractivity contribution is 0.171. The highest BCUT2D eigenvalue weighted by Gasteiger charge is 2.27. The zero-order chi connectivity index (χ0) is 13.0. The first kappa shape index (κ1) is 14.0. The molecule has 3 heteroatoms. The van der Waals surface area contributed by atoms with E-state index in [2.05, 4.69) is 23.1 Å². The van der Waals surface area contributed by atoms with Gasteiger partial charge in [0, 0.05) is 25.1 Å². The van der Waals surface area contributed by atoms with Crippen LogP contribution in [-0.4, -0.2) is 18.3 Å². The van der Waals surface area contributed by atoms with E-state index in [4.69, 9.17) is 0 Å². The second-order valence-corrected chi connectivity index (χ2v) is 7.17. The monoisotopic (exact) mass is 268 g/mol. The Balaban J connectivity index is 2.20. The fourth-order valence-electron chi connectivity index (χ4n) is 2.98. The van der Waals surface area contributed by atoms with Crippen LogP contribution >= 0.6 is 10.7 Å². The normalized spacial score (nSPS) is 20.1. The summed E-state index contributed by atoms with van der Waals surface area (Å²) < 4.78 is 3.38. The van der Waals surface area contributed by atoms with Crippen LogP contribution in [0.15, 0.2) is 11.4 Å². The van der Waals surface area contributed by atoms with Crippen LogP contribution in [0.3, 0.4) is 0 Å². The van der Waals surface area contributed by atoms with E-state index < -0.39 is 0 Å². The number of thiophene rings is 1. The first-order chi connectivity index (χ1) is 8.76. The molecular weight excluding hydrogens is 242 g/mol. The predicted octanol–water partition coefficient (Wildman–Crippen LogP) is 3.97. The zero-order valence-corrected chi connectivity index (χ0v) is 12.4. The smallest absolute Gasteiger partial charge is 0.178 e. The molecule has 0 aliphatic heterocycles. The summed E-state index contributed by atoms with van der Waals surface area (Å²) in [5.74, 6) is 0.750. The summed E-state index contributed by atoms with van der Waals surface area (Å²) in [5, 5.41) is 12.3. The predicted molar refractivity (Wildman–Crippen MR) is 80.0 cm³/mol. The fraction of sp³-hybridized carbons (Fsp3) is 0.733. The van der Waals surface area contributed by atoms with Crippen molar-refractivity contribution in [2.75, 3.05) is 11.8 Å². The van der Waals surface area contributed by atoms with Gasteiger partial charge in [-0.15, -0.1) is 4.72 Å². The highest BCUT2D eigenvalue weighted by atomic mass is 32.2. The van der Waals surface area contributed by atoms with Crippen LogP contribution in [-0.2, 0) is 6.42 Å². The quantitative estimate of drug-likeness (QED) is 0.792. The Morgan fingerprint density at radius 1 is 1.39 bits per heavy atom. The summed E-state index contributed by atoms with van der Waals surface area (Å²) >= 11 is 0. The summed E-state index contributed by atoms with van der Waals surface area (Å²) in [6.07, 6.45) is 8.35. The van der Waals surface area contributed by atoms with Gasteiger partial charge in [0.25, 0.3) is 0 Å². The standard InChI is InChI=1S/C15H26NOS/c1-3-13(17)11-15-14(9-10-18(15)16-2)12-7-5-4-6-8-12/h9-10,12-13,16-17H,3-8,11H2,1-2H3/q+1. The highest BCUT2D eigenvalue weighted by molar-refractivity contribution is 7.31. The highest BCUT2D eigenvalue weighted by Crippen LogP contribution is 2.39. The third-order valence-electron chi connectivity index (χ3n) is 4.13. The maximum Gasteiger partial charge on any atom is 0.178 e. The number of aliphatic hydroxyl groups is 1. The Morgan fingerprint density at radius 2 is 2.11 bits per heavy atom. The molecule has 2 rings (SSSR count). The summed E-state index contributed by atoms with van der Waals surface area (Å²) in [6, 6.07) is 2.33. The molecule has 1 aliphatic carbocycles. The van der Waals surface area contributed by atoms with Crippen molar-refractivity contribution in [1.29, 1.82) is 0 Å². The minimum Gasteiger partial charge on any atom is -0.393 e. The molecule has 0 radical (unpaired) electrons. The van der Waals surface area contributed by atoms with Gasteiger partial charge < -0.3 is 5.11 Å². The minimum absolute atomic E-state index is 0.0631. The maximum atomic E-state index is 9.96. The molecule has 2 nitrogen and oxygen atoms in total. The van der Waals surface area contributed by atoms with Crippen molar-refractivity contribution in [2.45, 2.75) is 63.9 Å². The summed E-state index contributed by atoms with van der Waals surface area (Å²) in [4.78, 5) is 1.47. The van der Waals surface area contributed by atoms with Crippen LogP contribution in [0.4, 0.5) is 0 Å². The molecule has 0 saturated heterocycles. The van der Waals surface area contributed by atoms with E-state index in [1.165, 1.54) is 37.0 Å². The molecule has 1 aliphatic rings. The van der Waals surface area contributed by atoms with E-state index in [9.17, 15) is 5.11 Å². The molecule has 1 heterocycles. The van der Waals surface area contributed by atoms with Crippen molar-refractivity contribution in [3.63, 3.8) is 0 Å². The van der Waals surface area contributed by atoms with Crippen molar-refractivity contribution >= 4 is 10.7 Å². The summed E-state index contributed by atoms with van der Waals surface area (Å²) in [5.41, 5.74) is 1.54.